The lowest BCUT2D eigenvalue weighted by molar-refractivity contribution is 0.555. The summed E-state index contributed by atoms with van der Waals surface area (Å²) in [6.07, 6.45) is 4.91. The van der Waals surface area contributed by atoms with Crippen LogP contribution in [0.2, 0.25) is 0 Å². The van der Waals surface area contributed by atoms with Crippen LogP contribution in [0.1, 0.15) is 0 Å². The highest BCUT2D eigenvalue weighted by atomic mass is 16.4. The van der Waals surface area contributed by atoms with Gasteiger partial charge in [-0.05, 0) is 17.7 Å². The molecule has 2 N–H and O–H groups in total. The predicted octanol–water partition coefficient (Wildman–Crippen LogP) is 1.47. The maximum Gasteiger partial charge on any atom is 0.417 e. The van der Waals surface area contributed by atoms with Gasteiger partial charge in [0.05, 0.1) is 5.52 Å². The van der Waals surface area contributed by atoms with Gasteiger partial charge in [0.15, 0.2) is 11.8 Å². The van der Waals surface area contributed by atoms with E-state index in [2.05, 4.69) is 20.3 Å². The summed E-state index contributed by atoms with van der Waals surface area (Å²) < 4.78 is 4.98. The van der Waals surface area contributed by atoms with E-state index in [4.69, 9.17) is 9.68 Å². The second-order valence-corrected chi connectivity index (χ2v) is 3.76. The summed E-state index contributed by atoms with van der Waals surface area (Å²) in [4.78, 5) is 21.6. The van der Waals surface area contributed by atoms with Crippen molar-refractivity contribution in [2.75, 3.05) is 5.32 Å². The molecule has 1 aromatic carbocycles. The molecule has 2 aromatic heterocycles. The Balaban J connectivity index is 2.03. The molecule has 0 saturated carbocycles. The van der Waals surface area contributed by atoms with Crippen molar-refractivity contribution in [2.24, 2.45) is 0 Å². The van der Waals surface area contributed by atoms with Gasteiger partial charge in [-0.1, -0.05) is 6.07 Å². The highest BCUT2D eigenvalue weighted by molar-refractivity contribution is 5.79. The molecule has 0 amide bonds. The van der Waals surface area contributed by atoms with Crippen molar-refractivity contribution in [3.63, 3.8) is 0 Å². The standard InChI is InChI=1S/C12H7N5O2/c13-6-16-11-14-4-8(5-15-11)7-1-2-9-10(3-7)19-12(18)17-9/h1-5H,(H,17,18)(H,14,15,16). The molecule has 2 heterocycles. The largest absolute Gasteiger partial charge is 0.417 e. The van der Waals surface area contributed by atoms with Crippen LogP contribution < -0.4 is 11.1 Å². The van der Waals surface area contributed by atoms with Crippen LogP contribution in [0.15, 0.2) is 39.8 Å². The molecule has 0 unspecified atom stereocenters. The quantitative estimate of drug-likeness (QED) is 0.529. The molecule has 7 heteroatoms. The third kappa shape index (κ3) is 2.02. The fourth-order valence-electron chi connectivity index (χ4n) is 1.72. The number of nitrogens with one attached hydrogen (secondary N) is 2. The third-order valence-electron chi connectivity index (χ3n) is 2.57. The lowest BCUT2D eigenvalue weighted by Gasteiger charge is -2.01. The Kier molecular flexibility index (Phi) is 2.47. The molecule has 0 radical (unpaired) electrons. The molecular weight excluding hydrogens is 246 g/mol. The smallest absolute Gasteiger partial charge is 0.408 e. The Morgan fingerprint density at radius 2 is 2.05 bits per heavy atom. The maximum atomic E-state index is 11.1. The van der Waals surface area contributed by atoms with Crippen LogP contribution in [0.5, 0.6) is 0 Å². The summed E-state index contributed by atoms with van der Waals surface area (Å²) in [6.45, 7) is 0. The first kappa shape index (κ1) is 11.0. The highest BCUT2D eigenvalue weighted by Gasteiger charge is 2.05. The van der Waals surface area contributed by atoms with Crippen molar-refractivity contribution in [1.82, 2.24) is 15.0 Å². The van der Waals surface area contributed by atoms with Gasteiger partial charge in [0.2, 0.25) is 5.95 Å². The molecule has 0 fully saturated rings. The van der Waals surface area contributed by atoms with Gasteiger partial charge in [0.1, 0.15) is 0 Å². The first-order chi connectivity index (χ1) is 9.26. The van der Waals surface area contributed by atoms with Gasteiger partial charge < -0.3 is 4.42 Å². The van der Waals surface area contributed by atoms with Crippen molar-refractivity contribution in [1.29, 1.82) is 5.26 Å². The lowest BCUT2D eigenvalue weighted by Crippen LogP contribution is -1.94. The maximum absolute atomic E-state index is 11.1. The third-order valence-corrected chi connectivity index (χ3v) is 2.57. The number of oxazole rings is 1. The van der Waals surface area contributed by atoms with Gasteiger partial charge in [-0.3, -0.25) is 10.3 Å². The minimum absolute atomic E-state index is 0.237. The molecule has 3 aromatic rings. The van der Waals surface area contributed by atoms with Crippen LogP contribution in [0.25, 0.3) is 22.2 Å². The van der Waals surface area contributed by atoms with Gasteiger partial charge in [0.25, 0.3) is 0 Å². The summed E-state index contributed by atoms with van der Waals surface area (Å²) in [5.41, 5.74) is 2.69. The second-order valence-electron chi connectivity index (χ2n) is 3.76. The first-order valence-corrected chi connectivity index (χ1v) is 5.36. The van der Waals surface area contributed by atoms with Gasteiger partial charge in [-0.2, -0.15) is 5.26 Å². The van der Waals surface area contributed by atoms with E-state index in [1.807, 2.05) is 6.07 Å². The number of aromatic amines is 1. The zero-order valence-corrected chi connectivity index (χ0v) is 9.54. The number of hydrogen-bond donors (Lipinski definition) is 2. The fraction of sp³-hybridized carbons (Fsp3) is 0. The van der Waals surface area contributed by atoms with Crippen LogP contribution in [0.4, 0.5) is 5.95 Å². The Hall–Kier alpha value is -3.14. The Morgan fingerprint density at radius 3 is 2.79 bits per heavy atom. The molecule has 0 aliphatic carbocycles. The highest BCUT2D eigenvalue weighted by Crippen LogP contribution is 2.22. The SMILES string of the molecule is N#CNc1ncc(-c2ccc3[nH]c(=O)oc3c2)cn1. The number of H-pyrrole nitrogens is 1. The van der Waals surface area contributed by atoms with E-state index in [0.717, 1.165) is 11.1 Å². The second kappa shape index (κ2) is 4.27. The number of anilines is 1. The van der Waals surface area contributed by atoms with Gasteiger partial charge in [-0.15, -0.1) is 0 Å². The molecule has 7 nitrogen and oxygen atoms in total. The van der Waals surface area contributed by atoms with Crippen LogP contribution in [0, 0.1) is 11.5 Å². The van der Waals surface area contributed by atoms with E-state index >= 15 is 0 Å². The van der Waals surface area contributed by atoms with E-state index in [1.165, 1.54) is 0 Å². The Bertz CT molecular complexity index is 826. The van der Waals surface area contributed by atoms with Crippen LogP contribution in [0.3, 0.4) is 0 Å². The minimum atomic E-state index is -0.489. The molecule has 0 atom stereocenters. The molecule has 0 spiro atoms. The number of aromatic nitrogens is 3. The summed E-state index contributed by atoms with van der Waals surface area (Å²) in [6, 6.07) is 5.30. The number of nitrogens with zero attached hydrogens (tertiary/aromatic N) is 3. The molecule has 0 aliphatic rings. The predicted molar refractivity (Wildman–Crippen MR) is 67.1 cm³/mol. The van der Waals surface area contributed by atoms with Gasteiger partial charge in [-0.25, -0.2) is 14.8 Å². The topological polar surface area (TPSA) is 108 Å². The van der Waals surface area contributed by atoms with E-state index in [1.54, 1.807) is 30.7 Å². The van der Waals surface area contributed by atoms with Crippen molar-refractivity contribution >= 4 is 17.0 Å². The lowest BCUT2D eigenvalue weighted by atomic mass is 10.1. The Morgan fingerprint density at radius 1 is 1.26 bits per heavy atom. The summed E-state index contributed by atoms with van der Waals surface area (Å²) in [5.74, 6) is -0.252. The van der Waals surface area contributed by atoms with Crippen molar-refractivity contribution in [2.45, 2.75) is 0 Å². The van der Waals surface area contributed by atoms with Crippen LogP contribution in [-0.2, 0) is 0 Å². The average Bonchev–Trinajstić information content (AvgIpc) is 2.79. The fourth-order valence-corrected chi connectivity index (χ4v) is 1.72. The molecule has 3 rings (SSSR count). The molecule has 92 valence electrons. The molecular formula is C12H7N5O2. The first-order valence-electron chi connectivity index (χ1n) is 5.36. The van der Waals surface area contributed by atoms with E-state index < -0.39 is 5.76 Å². The zero-order valence-electron chi connectivity index (χ0n) is 9.54. The van der Waals surface area contributed by atoms with E-state index in [-0.39, 0.29) is 5.95 Å². The summed E-state index contributed by atoms with van der Waals surface area (Å²) in [7, 11) is 0. The van der Waals surface area contributed by atoms with Crippen molar-refractivity contribution in [3.05, 3.63) is 41.1 Å². The zero-order chi connectivity index (χ0) is 13.2. The average molecular weight is 253 g/mol. The monoisotopic (exact) mass is 253 g/mol. The normalized spacial score (nSPS) is 10.3. The van der Waals surface area contributed by atoms with Gasteiger partial charge in [0, 0.05) is 18.0 Å². The number of nitriles is 1. The van der Waals surface area contributed by atoms with Crippen LogP contribution >= 0.6 is 0 Å². The van der Waals surface area contributed by atoms with E-state index in [0.29, 0.717) is 11.1 Å². The molecule has 0 aliphatic heterocycles. The Labute approximate surface area is 106 Å². The number of rotatable bonds is 2. The minimum Gasteiger partial charge on any atom is -0.408 e. The molecule has 19 heavy (non-hydrogen) atoms. The summed E-state index contributed by atoms with van der Waals surface area (Å²) >= 11 is 0. The number of hydrogen-bond acceptors (Lipinski definition) is 6. The number of fused-ring (bicyclic) bond motifs is 1. The van der Waals surface area contributed by atoms with Crippen molar-refractivity contribution < 1.29 is 4.42 Å². The van der Waals surface area contributed by atoms with E-state index in [9.17, 15) is 4.79 Å². The molecule has 0 bridgehead atoms. The van der Waals surface area contributed by atoms with Crippen LogP contribution in [-0.4, -0.2) is 15.0 Å². The number of benzene rings is 1. The van der Waals surface area contributed by atoms with Gasteiger partial charge >= 0.3 is 5.76 Å². The summed E-state index contributed by atoms with van der Waals surface area (Å²) in [5, 5.41) is 10.8. The molecule has 0 saturated heterocycles. The van der Waals surface area contributed by atoms with Crippen molar-refractivity contribution in [3.8, 4) is 17.3 Å².